The number of anilines is 2. The molecular weight excluding hydrogens is 1150 g/mol. The van der Waals surface area contributed by atoms with Gasteiger partial charge in [0.1, 0.15) is 41.4 Å². The summed E-state index contributed by atoms with van der Waals surface area (Å²) in [4.78, 5) is 25.6. The van der Waals surface area contributed by atoms with Gasteiger partial charge < -0.3 is 28.2 Å². The average molecular weight is 1190 g/mol. The lowest BCUT2D eigenvalue weighted by molar-refractivity contribution is 0.384. The molecule has 6 heterocycles. The molecule has 30 heteroatoms. The first-order valence-corrected chi connectivity index (χ1v) is 26.2. The first kappa shape index (κ1) is 56.3. The Morgan fingerprint density at radius 1 is 0.603 bits per heavy atom. The molecule has 2 aliphatic rings. The number of rotatable bonds is 13. The van der Waals surface area contributed by atoms with Gasteiger partial charge in [-0.1, -0.05) is 28.5 Å². The van der Waals surface area contributed by atoms with Crippen molar-refractivity contribution in [2.75, 3.05) is 36.8 Å². The molecule has 1 radical (unpaired) electrons. The number of benzene rings is 4. The largest absolute Gasteiger partial charge is 0.569 e. The summed E-state index contributed by atoms with van der Waals surface area (Å²) in [5.41, 5.74) is 1.76. The van der Waals surface area contributed by atoms with E-state index in [4.69, 9.17) is 14.5 Å². The van der Waals surface area contributed by atoms with Gasteiger partial charge in [-0.05, 0) is 69.0 Å². The molecule has 10 rings (SSSR count). The average Bonchev–Trinajstić information content (AvgIpc) is 4.18. The zero-order valence-corrected chi connectivity index (χ0v) is 43.5. The van der Waals surface area contributed by atoms with Crippen LogP contribution in [-0.4, -0.2) is 84.9 Å². The van der Waals surface area contributed by atoms with Crippen molar-refractivity contribution >= 4 is 55.7 Å². The minimum Gasteiger partial charge on any atom is -0.537 e. The second kappa shape index (κ2) is 23.8. The van der Waals surface area contributed by atoms with E-state index < -0.39 is 60.9 Å². The van der Waals surface area contributed by atoms with Crippen LogP contribution in [0.15, 0.2) is 133 Å². The number of nitrogens with one attached hydrogen (secondary N) is 2. The Kier molecular flexibility index (Phi) is 17.2. The monoisotopic (exact) mass is 1190 g/mol. The lowest BCUT2D eigenvalue weighted by atomic mass is 10.0. The van der Waals surface area contributed by atoms with E-state index in [1.165, 1.54) is 105 Å². The summed E-state index contributed by atoms with van der Waals surface area (Å²) in [6.07, 6.45) is 2.87. The SMILES string of the molecule is COc1cc(-c2ccc(F)c(F)c2)c(F)cc1-n1c2c(ccc1=O)CN(S(=O)(=O)Nc1ccon1)CC2.COc1cc(Br)c(F)cc1-n1c2c(ccc1=O)CN(S(=O)(=O)Nc1ccon1)CC2.O[B]Oc1ccc(F)c(F)c1. The van der Waals surface area contributed by atoms with E-state index in [1.807, 2.05) is 0 Å². The molecule has 2 aliphatic heterocycles. The van der Waals surface area contributed by atoms with Crippen molar-refractivity contribution in [3.8, 4) is 39.8 Å². The van der Waals surface area contributed by atoms with Gasteiger partial charge in [0.2, 0.25) is 0 Å². The molecule has 78 heavy (non-hydrogen) atoms. The van der Waals surface area contributed by atoms with Crippen LogP contribution in [-0.2, 0) is 46.3 Å². The normalized spacial score (nSPS) is 13.4. The summed E-state index contributed by atoms with van der Waals surface area (Å²) in [5.74, 6) is -4.94. The van der Waals surface area contributed by atoms with Crippen LogP contribution in [0, 0.1) is 34.9 Å². The lowest BCUT2D eigenvalue weighted by Gasteiger charge is -2.30. The minimum atomic E-state index is -3.97. The fourth-order valence-electron chi connectivity index (χ4n) is 8.17. The molecule has 0 bridgehead atoms. The summed E-state index contributed by atoms with van der Waals surface area (Å²) in [7, 11) is -4.70. The highest BCUT2D eigenvalue weighted by molar-refractivity contribution is 9.10. The summed E-state index contributed by atoms with van der Waals surface area (Å²) in [5, 5.41) is 15.2. The standard InChI is InChI=1S/C24H19F3N4O5S.C18H16BrFN4O5S.C6H4BF2O2/c1-35-22-11-16(14-2-4-17(25)19(27)10-14)18(26)12-21(22)31-20-6-8-30(13-15(20)3-5-24(31)32)37(33,34)29-23-7-9-36-28-23;1-28-16-8-12(19)13(20)9-15(16)24-14-4-6-23(10-11(14)2-3-18(24)25)30(26,27)22-17-5-7-29-21-17;8-5-2-1-4(11-7-10)3-6(5)9/h2-5,7,9-12H,6,8,13H2,1H3,(H,28,29);2-3,5,7-9H,4,6,10H2,1H3,(H,21,22);1-3,10H. The number of hydrogen-bond acceptors (Lipinski definition) is 14. The number of halogens is 7. The van der Waals surface area contributed by atoms with Crippen molar-refractivity contribution in [1.82, 2.24) is 28.1 Å². The van der Waals surface area contributed by atoms with E-state index in [1.54, 1.807) is 6.07 Å². The lowest BCUT2D eigenvalue weighted by Crippen LogP contribution is -2.41. The third kappa shape index (κ3) is 12.4. The highest BCUT2D eigenvalue weighted by atomic mass is 79.9. The van der Waals surface area contributed by atoms with Gasteiger partial charge in [0.05, 0.1) is 30.1 Å². The fraction of sp³-hybridized carbons (Fsp3) is 0.167. The smallest absolute Gasteiger partial charge is 0.537 e. The van der Waals surface area contributed by atoms with Gasteiger partial charge in [-0.2, -0.15) is 25.4 Å². The molecule has 0 atom stereocenters. The Hall–Kier alpha value is -7.90. The van der Waals surface area contributed by atoms with Gasteiger partial charge >= 0.3 is 28.1 Å². The Labute approximate surface area is 447 Å². The van der Waals surface area contributed by atoms with Crippen LogP contribution in [0.5, 0.6) is 17.2 Å². The number of nitrogens with zero attached hydrogens (tertiary/aromatic N) is 6. The van der Waals surface area contributed by atoms with Crippen LogP contribution >= 0.6 is 15.9 Å². The maximum atomic E-state index is 15.2. The topological polar surface area (TPSA) is 243 Å². The van der Waals surface area contributed by atoms with Crippen molar-refractivity contribution in [1.29, 1.82) is 0 Å². The van der Waals surface area contributed by atoms with Crippen molar-refractivity contribution in [2.45, 2.75) is 25.9 Å². The van der Waals surface area contributed by atoms with E-state index in [0.29, 0.717) is 35.9 Å². The highest BCUT2D eigenvalue weighted by Gasteiger charge is 2.32. The number of methoxy groups -OCH3 is 2. The first-order valence-electron chi connectivity index (χ1n) is 22.5. The van der Waals surface area contributed by atoms with Crippen molar-refractivity contribution < 1.29 is 71.4 Å². The first-order chi connectivity index (χ1) is 37.2. The molecule has 0 saturated carbocycles. The molecule has 0 unspecified atom stereocenters. The minimum absolute atomic E-state index is 0.0251. The number of aromatic nitrogens is 4. The second-order valence-corrected chi connectivity index (χ2v) is 20.7. The van der Waals surface area contributed by atoms with E-state index in [2.05, 4.69) is 49.4 Å². The van der Waals surface area contributed by atoms with E-state index in [9.17, 15) is 48.4 Å². The fourth-order valence-corrected chi connectivity index (χ4v) is 10.8. The molecule has 8 aromatic rings. The Morgan fingerprint density at radius 2 is 1.09 bits per heavy atom. The van der Waals surface area contributed by atoms with Gasteiger partial charge in [-0.15, -0.1) is 0 Å². The highest BCUT2D eigenvalue weighted by Crippen LogP contribution is 2.35. The van der Waals surface area contributed by atoms with Crippen LogP contribution < -0.4 is 34.7 Å². The zero-order chi connectivity index (χ0) is 56.1. The number of hydrogen-bond donors (Lipinski definition) is 3. The predicted octanol–water partition coefficient (Wildman–Crippen LogP) is 6.95. The van der Waals surface area contributed by atoms with Gasteiger partial charge in [0.15, 0.2) is 34.9 Å². The van der Waals surface area contributed by atoms with Crippen molar-refractivity contribution in [3.05, 3.63) is 192 Å². The van der Waals surface area contributed by atoms with Crippen molar-refractivity contribution in [2.24, 2.45) is 0 Å². The molecule has 4 aromatic heterocycles. The quantitative estimate of drug-likeness (QED) is 0.0782. The van der Waals surface area contributed by atoms with Gasteiger partial charge in [-0.25, -0.2) is 26.3 Å². The van der Waals surface area contributed by atoms with Gasteiger partial charge in [-0.3, -0.25) is 28.2 Å². The summed E-state index contributed by atoms with van der Waals surface area (Å²) < 4.78 is 166. The third-order valence-corrected chi connectivity index (χ3v) is 15.3. The van der Waals surface area contributed by atoms with E-state index in [-0.39, 0.29) is 94.7 Å². The molecule has 20 nitrogen and oxygen atoms in total. The molecule has 407 valence electrons. The molecule has 0 aliphatic carbocycles. The van der Waals surface area contributed by atoms with Crippen LogP contribution in [0.3, 0.4) is 0 Å². The summed E-state index contributed by atoms with van der Waals surface area (Å²) >= 11 is 3.11. The number of ether oxygens (including phenoxy) is 2. The van der Waals surface area contributed by atoms with Gasteiger partial charge in [0, 0.05) is 98.4 Å². The van der Waals surface area contributed by atoms with Gasteiger partial charge in [0.25, 0.3) is 11.1 Å². The van der Waals surface area contributed by atoms with Crippen LogP contribution in [0.1, 0.15) is 22.5 Å². The third-order valence-electron chi connectivity index (χ3n) is 11.8. The molecule has 4 aromatic carbocycles. The maximum absolute atomic E-state index is 15.2. The van der Waals surface area contributed by atoms with Crippen LogP contribution in [0.25, 0.3) is 22.5 Å². The maximum Gasteiger partial charge on any atom is 0.569 e. The zero-order valence-electron chi connectivity index (χ0n) is 40.3. The molecule has 3 N–H and O–H groups in total. The molecule has 0 fully saturated rings. The number of fused-ring (bicyclic) bond motifs is 2. The van der Waals surface area contributed by atoms with E-state index >= 15 is 4.39 Å². The molecule has 0 spiro atoms. The number of pyridine rings is 2. The second-order valence-electron chi connectivity index (χ2n) is 16.5. The molecule has 0 saturated heterocycles. The Morgan fingerprint density at radius 3 is 1.55 bits per heavy atom. The van der Waals surface area contributed by atoms with Crippen molar-refractivity contribution in [3.63, 3.8) is 0 Å². The van der Waals surface area contributed by atoms with E-state index in [0.717, 1.165) is 30.3 Å². The predicted molar refractivity (Wildman–Crippen MR) is 271 cm³/mol. The summed E-state index contributed by atoms with van der Waals surface area (Å²) in [6.45, 7) is 0.122. The molecule has 0 amide bonds. The van der Waals surface area contributed by atoms with Crippen LogP contribution in [0.2, 0.25) is 0 Å². The van der Waals surface area contributed by atoms with Crippen LogP contribution in [0.4, 0.5) is 38.0 Å². The Balaban J connectivity index is 0.000000175. The molecular formula is C48H39BBrF6N8O12S2. The Bertz CT molecular complexity index is 3860. The summed E-state index contributed by atoms with van der Waals surface area (Å²) in [6, 6.07) is 19.4.